The van der Waals surface area contributed by atoms with Crippen molar-refractivity contribution in [2.75, 3.05) is 5.32 Å². The highest BCUT2D eigenvalue weighted by atomic mass is 79.9. The maximum Gasteiger partial charge on any atom is 0.143 e. The molecule has 0 fully saturated rings. The smallest absolute Gasteiger partial charge is 0.143 e. The summed E-state index contributed by atoms with van der Waals surface area (Å²) < 4.78 is 14.2. The molecule has 0 unspecified atom stereocenters. The van der Waals surface area contributed by atoms with Crippen molar-refractivity contribution in [3.05, 3.63) is 63.3 Å². The van der Waals surface area contributed by atoms with E-state index < -0.39 is 5.82 Å². The van der Waals surface area contributed by atoms with E-state index in [9.17, 15) is 4.39 Å². The molecule has 0 atom stereocenters. The summed E-state index contributed by atoms with van der Waals surface area (Å²) >= 11 is 9.01. The van der Waals surface area contributed by atoms with Gasteiger partial charge in [-0.25, -0.2) is 4.39 Å². The van der Waals surface area contributed by atoms with E-state index >= 15 is 0 Å². The molecule has 17 heavy (non-hydrogen) atoms. The van der Waals surface area contributed by atoms with Gasteiger partial charge in [0.25, 0.3) is 0 Å². The Balaban J connectivity index is 2.05. The zero-order valence-electron chi connectivity index (χ0n) is 8.88. The highest BCUT2D eigenvalue weighted by molar-refractivity contribution is 9.10. The first-order chi connectivity index (χ1) is 8.15. The first kappa shape index (κ1) is 12.4. The molecule has 0 bridgehead atoms. The second-order valence-corrected chi connectivity index (χ2v) is 4.94. The van der Waals surface area contributed by atoms with E-state index in [2.05, 4.69) is 21.2 Å². The van der Waals surface area contributed by atoms with E-state index in [-0.39, 0.29) is 5.02 Å². The Labute approximate surface area is 113 Å². The maximum absolute atomic E-state index is 13.2. The molecule has 2 aromatic carbocycles. The fourth-order valence-electron chi connectivity index (χ4n) is 1.46. The van der Waals surface area contributed by atoms with Gasteiger partial charge in [0, 0.05) is 16.7 Å². The van der Waals surface area contributed by atoms with Crippen LogP contribution >= 0.6 is 27.5 Å². The number of halogens is 3. The molecular formula is C13H10BrClFN. The third-order valence-corrected chi connectivity index (χ3v) is 3.11. The van der Waals surface area contributed by atoms with Crippen LogP contribution in [0.5, 0.6) is 0 Å². The van der Waals surface area contributed by atoms with E-state index in [1.54, 1.807) is 12.1 Å². The van der Waals surface area contributed by atoms with Gasteiger partial charge in [0.2, 0.25) is 0 Å². The van der Waals surface area contributed by atoms with Gasteiger partial charge >= 0.3 is 0 Å². The number of hydrogen-bond donors (Lipinski definition) is 1. The third-order valence-electron chi connectivity index (χ3n) is 2.31. The second kappa shape index (κ2) is 5.52. The van der Waals surface area contributed by atoms with Gasteiger partial charge in [0.15, 0.2) is 0 Å². The average molecular weight is 315 g/mol. The first-order valence-electron chi connectivity index (χ1n) is 5.08. The molecule has 1 N–H and O–H groups in total. The largest absolute Gasteiger partial charge is 0.381 e. The summed E-state index contributed by atoms with van der Waals surface area (Å²) in [4.78, 5) is 0. The van der Waals surface area contributed by atoms with Gasteiger partial charge in [-0.3, -0.25) is 0 Å². The summed E-state index contributed by atoms with van der Waals surface area (Å²) in [5, 5.41) is 3.27. The second-order valence-electron chi connectivity index (χ2n) is 3.61. The highest BCUT2D eigenvalue weighted by Gasteiger charge is 2.00. The molecule has 0 aliphatic carbocycles. The van der Waals surface area contributed by atoms with Crippen molar-refractivity contribution in [2.24, 2.45) is 0 Å². The van der Waals surface area contributed by atoms with Crippen molar-refractivity contribution in [1.29, 1.82) is 0 Å². The van der Waals surface area contributed by atoms with Crippen molar-refractivity contribution in [3.8, 4) is 0 Å². The Morgan fingerprint density at radius 1 is 1.18 bits per heavy atom. The molecular weight excluding hydrogens is 305 g/mol. The van der Waals surface area contributed by atoms with Gasteiger partial charge in [0.05, 0.1) is 5.02 Å². The number of hydrogen-bond acceptors (Lipinski definition) is 1. The predicted octanol–water partition coefficient (Wildman–Crippen LogP) is 4.85. The molecule has 4 heteroatoms. The Morgan fingerprint density at radius 2 is 2.00 bits per heavy atom. The molecule has 2 rings (SSSR count). The lowest BCUT2D eigenvalue weighted by Crippen LogP contribution is -1.99. The van der Waals surface area contributed by atoms with Crippen molar-refractivity contribution in [3.63, 3.8) is 0 Å². The minimum atomic E-state index is -0.411. The predicted molar refractivity (Wildman–Crippen MR) is 72.9 cm³/mol. The molecule has 0 aromatic heterocycles. The first-order valence-corrected chi connectivity index (χ1v) is 6.25. The summed E-state index contributed by atoms with van der Waals surface area (Å²) in [7, 11) is 0. The summed E-state index contributed by atoms with van der Waals surface area (Å²) in [6.45, 7) is 0.639. The monoisotopic (exact) mass is 313 g/mol. The Morgan fingerprint density at radius 3 is 2.71 bits per heavy atom. The van der Waals surface area contributed by atoms with Crippen molar-refractivity contribution < 1.29 is 4.39 Å². The fourth-order valence-corrected chi connectivity index (χ4v) is 2.02. The molecule has 0 spiro atoms. The number of rotatable bonds is 3. The molecule has 0 aliphatic rings. The van der Waals surface area contributed by atoms with E-state index in [1.165, 1.54) is 6.07 Å². The number of benzene rings is 2. The van der Waals surface area contributed by atoms with Gasteiger partial charge in [-0.2, -0.15) is 0 Å². The fraction of sp³-hybridized carbons (Fsp3) is 0.0769. The molecule has 1 nitrogen and oxygen atoms in total. The highest BCUT2D eigenvalue weighted by Crippen LogP contribution is 2.19. The van der Waals surface area contributed by atoms with Crippen LogP contribution in [0.15, 0.2) is 46.9 Å². The van der Waals surface area contributed by atoms with Crippen LogP contribution < -0.4 is 5.32 Å². The molecule has 0 radical (unpaired) electrons. The summed E-state index contributed by atoms with van der Waals surface area (Å²) in [6.07, 6.45) is 0. The summed E-state index contributed by atoms with van der Waals surface area (Å²) in [5.74, 6) is -0.411. The number of nitrogens with one attached hydrogen (secondary N) is 1. The van der Waals surface area contributed by atoms with Gasteiger partial charge in [0.1, 0.15) is 5.82 Å². The van der Waals surface area contributed by atoms with E-state index in [0.29, 0.717) is 12.2 Å². The Kier molecular flexibility index (Phi) is 4.02. The van der Waals surface area contributed by atoms with Gasteiger partial charge in [-0.15, -0.1) is 0 Å². The van der Waals surface area contributed by atoms with Crippen molar-refractivity contribution in [2.45, 2.75) is 6.54 Å². The van der Waals surface area contributed by atoms with Crippen molar-refractivity contribution >= 4 is 33.2 Å². The van der Waals surface area contributed by atoms with Crippen LogP contribution in [0.4, 0.5) is 10.1 Å². The Hall–Kier alpha value is -1.06. The third kappa shape index (κ3) is 3.45. The van der Waals surface area contributed by atoms with E-state index in [1.807, 2.05) is 24.3 Å². The molecule has 0 heterocycles. The average Bonchev–Trinajstić information content (AvgIpc) is 2.31. The van der Waals surface area contributed by atoms with Crippen LogP contribution in [0, 0.1) is 5.82 Å². The van der Waals surface area contributed by atoms with Crippen LogP contribution in [-0.2, 0) is 6.54 Å². The number of anilines is 1. The minimum Gasteiger partial charge on any atom is -0.381 e. The lowest BCUT2D eigenvalue weighted by Gasteiger charge is -2.07. The lowest BCUT2D eigenvalue weighted by molar-refractivity contribution is 0.628. The minimum absolute atomic E-state index is 0.137. The summed E-state index contributed by atoms with van der Waals surface area (Å²) in [6, 6.07) is 12.6. The lowest BCUT2D eigenvalue weighted by atomic mass is 10.2. The standard InChI is InChI=1S/C13H10BrClFN/c14-10-3-1-2-9(6-10)8-17-11-4-5-12(15)13(16)7-11/h1-7,17H,8H2. The van der Waals surface area contributed by atoms with Gasteiger partial charge in [-0.1, -0.05) is 39.7 Å². The van der Waals surface area contributed by atoms with Gasteiger partial charge < -0.3 is 5.32 Å². The van der Waals surface area contributed by atoms with Crippen LogP contribution in [0.2, 0.25) is 5.02 Å². The molecule has 0 amide bonds. The van der Waals surface area contributed by atoms with E-state index in [0.717, 1.165) is 10.0 Å². The normalized spacial score (nSPS) is 10.3. The molecule has 0 saturated heterocycles. The van der Waals surface area contributed by atoms with Crippen LogP contribution in [-0.4, -0.2) is 0 Å². The molecule has 0 saturated carbocycles. The quantitative estimate of drug-likeness (QED) is 0.853. The molecule has 88 valence electrons. The zero-order chi connectivity index (χ0) is 12.3. The van der Waals surface area contributed by atoms with Crippen LogP contribution in [0.1, 0.15) is 5.56 Å². The zero-order valence-corrected chi connectivity index (χ0v) is 11.2. The topological polar surface area (TPSA) is 12.0 Å². The Bertz CT molecular complexity index is 531. The summed E-state index contributed by atoms with van der Waals surface area (Å²) in [5.41, 5.74) is 1.83. The van der Waals surface area contributed by atoms with Gasteiger partial charge in [-0.05, 0) is 35.9 Å². The molecule has 0 aliphatic heterocycles. The van der Waals surface area contributed by atoms with Crippen LogP contribution in [0.25, 0.3) is 0 Å². The van der Waals surface area contributed by atoms with E-state index in [4.69, 9.17) is 11.6 Å². The molecule has 2 aromatic rings. The maximum atomic E-state index is 13.2. The van der Waals surface area contributed by atoms with Crippen molar-refractivity contribution in [1.82, 2.24) is 0 Å². The van der Waals surface area contributed by atoms with Crippen LogP contribution in [0.3, 0.4) is 0 Å². The SMILES string of the molecule is Fc1cc(NCc2cccc(Br)c2)ccc1Cl.